The minimum atomic E-state index is -1.31. The highest BCUT2D eigenvalue weighted by molar-refractivity contribution is 8.03. The first-order valence-corrected chi connectivity index (χ1v) is 12.1. The summed E-state index contributed by atoms with van der Waals surface area (Å²) in [5, 5.41) is 25.0. The van der Waals surface area contributed by atoms with Crippen molar-refractivity contribution in [3.63, 3.8) is 0 Å². The number of aromatic nitrogens is 2. The molecule has 178 valence electrons. The number of carbonyl (C=O) groups is 3. The first-order valence-electron chi connectivity index (χ1n) is 9.35. The minimum Gasteiger partial charge on any atom is -0.477 e. The van der Waals surface area contributed by atoms with Gasteiger partial charge in [-0.2, -0.15) is 0 Å². The van der Waals surface area contributed by atoms with Gasteiger partial charge in [0.2, 0.25) is 0 Å². The summed E-state index contributed by atoms with van der Waals surface area (Å²) < 4.78 is 0.0339. The molecule has 0 spiro atoms. The van der Waals surface area contributed by atoms with Crippen LogP contribution in [0.15, 0.2) is 33.0 Å². The molecule has 2 aliphatic rings. The minimum absolute atomic E-state index is 0.0339. The van der Waals surface area contributed by atoms with Crippen molar-refractivity contribution in [1.29, 1.82) is 0 Å². The molecule has 0 bridgehead atoms. The molecule has 2 aromatic rings. The number of halogens is 3. The van der Waals surface area contributed by atoms with Gasteiger partial charge in [-0.3, -0.25) is 19.5 Å². The van der Waals surface area contributed by atoms with Crippen LogP contribution in [-0.4, -0.2) is 60.8 Å². The molecular weight excluding hydrogens is 551 g/mol. The molecule has 0 aromatic carbocycles. The molecule has 16 heteroatoms. The number of nitrogen functional groups attached to an aromatic ring is 1. The highest BCUT2D eigenvalue weighted by atomic mass is 35.5. The first kappa shape index (κ1) is 24.5. The van der Waals surface area contributed by atoms with Crippen LogP contribution in [0, 0.1) is 0 Å². The number of hydrogen-bond acceptors (Lipinski definition) is 10. The predicted molar refractivity (Wildman–Crippen MR) is 126 cm³/mol. The number of amides is 2. The summed E-state index contributed by atoms with van der Waals surface area (Å²) in [5.41, 5.74) is 4.70. The Bertz CT molecular complexity index is 1280. The van der Waals surface area contributed by atoms with E-state index in [1.54, 1.807) is 0 Å². The number of fused-ring (bicyclic) bond motifs is 1. The van der Waals surface area contributed by atoms with Crippen molar-refractivity contribution in [1.82, 2.24) is 20.2 Å². The summed E-state index contributed by atoms with van der Waals surface area (Å²) in [4.78, 5) is 47.4. The average Bonchev–Trinajstić information content (AvgIpc) is 3.12. The predicted octanol–water partition coefficient (Wildman–Crippen LogP) is 2.84. The second kappa shape index (κ2) is 9.58. The average molecular weight is 564 g/mol. The molecular formula is C18H13Cl3N6O5S2. The Morgan fingerprint density at radius 1 is 1.32 bits per heavy atom. The fraction of sp³-hybridized carbons (Fsp3) is 0.222. The van der Waals surface area contributed by atoms with Gasteiger partial charge in [0.25, 0.3) is 11.8 Å². The lowest BCUT2D eigenvalue weighted by atomic mass is 9.86. The molecule has 2 aliphatic heterocycles. The van der Waals surface area contributed by atoms with Crippen LogP contribution in [0.3, 0.4) is 0 Å². The van der Waals surface area contributed by atoms with Gasteiger partial charge >= 0.3 is 5.97 Å². The summed E-state index contributed by atoms with van der Waals surface area (Å²) in [6.07, 6.45) is 3.47. The number of oxime groups is 1. The van der Waals surface area contributed by atoms with Crippen LogP contribution < -0.4 is 11.1 Å². The number of rotatable bonds is 6. The number of pyridine rings is 1. The Morgan fingerprint density at radius 3 is 2.68 bits per heavy atom. The van der Waals surface area contributed by atoms with Gasteiger partial charge in [0.05, 0.1) is 21.0 Å². The summed E-state index contributed by atoms with van der Waals surface area (Å²) in [6, 6.07) is -1.65. The van der Waals surface area contributed by atoms with Crippen molar-refractivity contribution in [2.75, 3.05) is 5.73 Å². The van der Waals surface area contributed by atoms with Gasteiger partial charge in [-0.25, -0.2) is 9.78 Å². The number of nitrogens with zero attached hydrogens (tertiary/aromatic N) is 4. The Hall–Kier alpha value is -2.58. The van der Waals surface area contributed by atoms with Crippen molar-refractivity contribution < 1.29 is 24.7 Å². The normalized spacial score (nSPS) is 20.1. The van der Waals surface area contributed by atoms with Crippen LogP contribution in [0.25, 0.3) is 0 Å². The molecule has 0 aliphatic carbocycles. The number of thiazole rings is 1. The lowest BCUT2D eigenvalue weighted by Gasteiger charge is -2.50. The van der Waals surface area contributed by atoms with E-state index in [2.05, 4.69) is 20.4 Å². The van der Waals surface area contributed by atoms with E-state index in [1.807, 2.05) is 0 Å². The van der Waals surface area contributed by atoms with Crippen LogP contribution >= 0.6 is 57.9 Å². The topological polar surface area (TPSA) is 171 Å². The van der Waals surface area contributed by atoms with Crippen LogP contribution in [0.5, 0.6) is 0 Å². The molecule has 0 radical (unpaired) electrons. The highest BCUT2D eigenvalue weighted by Gasteiger charge is 2.54. The molecule has 0 saturated carbocycles. The number of nitrogens with two attached hydrogens (primary N) is 1. The number of carboxylic acids is 1. The van der Waals surface area contributed by atoms with Crippen molar-refractivity contribution >= 4 is 86.5 Å². The van der Waals surface area contributed by atoms with Gasteiger partial charge in [0.15, 0.2) is 10.8 Å². The number of thioether (sulfide) groups is 1. The number of aliphatic carboxylic acids is 1. The maximum atomic E-state index is 12.9. The van der Waals surface area contributed by atoms with Gasteiger partial charge in [0.1, 0.15) is 21.8 Å². The Labute approximate surface area is 214 Å². The molecule has 2 aromatic heterocycles. The Kier molecular flexibility index (Phi) is 6.92. The van der Waals surface area contributed by atoms with Gasteiger partial charge in [-0.1, -0.05) is 63.1 Å². The molecule has 5 N–H and O–H groups in total. The maximum absolute atomic E-state index is 12.9. The van der Waals surface area contributed by atoms with Crippen LogP contribution in [0.2, 0.25) is 14.4 Å². The van der Waals surface area contributed by atoms with E-state index in [-0.39, 0.29) is 30.9 Å². The third kappa shape index (κ3) is 4.29. The first-order chi connectivity index (χ1) is 16.1. The Balaban J connectivity index is 1.55. The fourth-order valence-corrected chi connectivity index (χ4v) is 6.04. The van der Waals surface area contributed by atoms with E-state index in [0.29, 0.717) is 22.6 Å². The highest BCUT2D eigenvalue weighted by Crippen LogP contribution is 2.45. The van der Waals surface area contributed by atoms with Gasteiger partial charge in [-0.15, -0.1) is 0 Å². The molecule has 11 nitrogen and oxygen atoms in total. The van der Waals surface area contributed by atoms with E-state index in [0.717, 1.165) is 28.0 Å². The van der Waals surface area contributed by atoms with E-state index >= 15 is 0 Å². The molecule has 2 unspecified atom stereocenters. The standard InChI is InChI=1S/C18H13Cl3N6O5S2/c19-5-3-23-4-8(9(5)20)33-7-2-1-6-10(16(29)27(6)13(7)17(30)31)24-15(28)12(26-32)11-14(21)34-18(22)25-11/h3-4,6,10,32H,1-2H2,(H2,22,25)(H,24,28)(H,30,31)/b26-12-. The number of hydrogen-bond donors (Lipinski definition) is 4. The number of carboxylic acid groups (broad SMARTS) is 1. The quantitative estimate of drug-likeness (QED) is 0.178. The van der Waals surface area contributed by atoms with Gasteiger partial charge in [-0.05, 0) is 12.8 Å². The summed E-state index contributed by atoms with van der Waals surface area (Å²) in [6.45, 7) is 0. The molecule has 1 fully saturated rings. The van der Waals surface area contributed by atoms with E-state index < -0.39 is 35.6 Å². The second-order valence-corrected chi connectivity index (χ2v) is 10.6. The number of anilines is 1. The largest absolute Gasteiger partial charge is 0.477 e. The van der Waals surface area contributed by atoms with E-state index in [1.165, 1.54) is 12.4 Å². The molecule has 1 saturated heterocycles. The van der Waals surface area contributed by atoms with Gasteiger partial charge < -0.3 is 21.4 Å². The zero-order valence-corrected chi connectivity index (χ0v) is 20.6. The number of β-lactam (4-membered cyclic amide) rings is 1. The maximum Gasteiger partial charge on any atom is 0.353 e. The lowest BCUT2D eigenvalue weighted by molar-refractivity contribution is -0.155. The molecule has 4 rings (SSSR count). The zero-order chi connectivity index (χ0) is 24.7. The van der Waals surface area contributed by atoms with Crippen molar-refractivity contribution in [2.45, 2.75) is 29.8 Å². The number of nitrogens with one attached hydrogen (secondary N) is 1. The zero-order valence-electron chi connectivity index (χ0n) is 16.7. The van der Waals surface area contributed by atoms with Crippen molar-refractivity contribution in [2.24, 2.45) is 5.16 Å². The molecule has 4 heterocycles. The van der Waals surface area contributed by atoms with Crippen LogP contribution in [0.4, 0.5) is 5.13 Å². The SMILES string of the molecule is Nc1nc(/C(=N/O)C(=O)NC2C(=O)N3C(C(=O)O)=C(Sc4cncc(Cl)c4Cl)CCC23)c(Cl)s1. The fourth-order valence-electron chi connectivity index (χ4n) is 3.61. The summed E-state index contributed by atoms with van der Waals surface area (Å²) in [5.74, 6) is -2.85. The second-order valence-electron chi connectivity index (χ2n) is 7.00. The molecule has 2 amide bonds. The smallest absolute Gasteiger partial charge is 0.353 e. The summed E-state index contributed by atoms with van der Waals surface area (Å²) >= 11 is 20.1. The Morgan fingerprint density at radius 2 is 2.06 bits per heavy atom. The lowest BCUT2D eigenvalue weighted by Crippen LogP contribution is -2.72. The van der Waals surface area contributed by atoms with Crippen molar-refractivity contribution in [3.05, 3.63) is 43.1 Å². The van der Waals surface area contributed by atoms with Gasteiger partial charge in [0, 0.05) is 17.3 Å². The number of allylic oxidation sites excluding steroid dienone is 1. The van der Waals surface area contributed by atoms with Crippen LogP contribution in [-0.2, 0) is 14.4 Å². The summed E-state index contributed by atoms with van der Waals surface area (Å²) in [7, 11) is 0. The van der Waals surface area contributed by atoms with E-state index in [9.17, 15) is 24.7 Å². The third-order valence-corrected chi connectivity index (χ3v) is 8.22. The van der Waals surface area contributed by atoms with Crippen LogP contribution in [0.1, 0.15) is 18.5 Å². The third-order valence-electron chi connectivity index (χ3n) is 5.06. The molecule has 2 atom stereocenters. The monoisotopic (exact) mass is 562 g/mol. The molecule has 34 heavy (non-hydrogen) atoms. The van der Waals surface area contributed by atoms with Crippen molar-refractivity contribution in [3.8, 4) is 0 Å². The van der Waals surface area contributed by atoms with E-state index in [4.69, 9.17) is 40.5 Å². The number of carbonyl (C=O) groups excluding carboxylic acids is 2.